The van der Waals surface area contributed by atoms with Gasteiger partial charge in [-0.05, 0) is 12.1 Å². The number of aromatic nitrogens is 3. The molecule has 0 aliphatic rings. The number of fused-ring (bicyclic) bond motifs is 1. The van der Waals surface area contributed by atoms with Crippen molar-refractivity contribution in [1.82, 2.24) is 14.5 Å². The molecule has 5 heteroatoms. The smallest absolute Gasteiger partial charge is 0.124 e. The molecule has 18 heavy (non-hydrogen) atoms. The Hall–Kier alpha value is -2.19. The zero-order chi connectivity index (χ0) is 12.4. The highest BCUT2D eigenvalue weighted by molar-refractivity contribution is 7.09. The molecule has 3 aromatic rings. The van der Waals surface area contributed by atoms with E-state index in [1.807, 2.05) is 36.0 Å². The number of nitrogens with zero attached hydrogens (tertiary/aromatic N) is 4. The third-order valence-electron chi connectivity index (χ3n) is 2.77. The largest absolute Gasteiger partial charge is 0.322 e. The molecule has 0 aliphatic heterocycles. The van der Waals surface area contributed by atoms with E-state index >= 15 is 0 Å². The molecule has 0 saturated heterocycles. The molecule has 2 aromatic heterocycles. The van der Waals surface area contributed by atoms with Crippen molar-refractivity contribution >= 4 is 22.4 Å². The number of nitriles is 1. The maximum absolute atomic E-state index is 8.88. The Bertz CT molecular complexity index is 706. The predicted molar refractivity (Wildman–Crippen MR) is 70.3 cm³/mol. The van der Waals surface area contributed by atoms with Gasteiger partial charge in [-0.1, -0.05) is 12.1 Å². The van der Waals surface area contributed by atoms with Crippen molar-refractivity contribution in [3.05, 3.63) is 46.7 Å². The highest BCUT2D eigenvalue weighted by Gasteiger charge is 2.10. The second-order valence-corrected chi connectivity index (χ2v) is 4.88. The topological polar surface area (TPSA) is 54.5 Å². The Morgan fingerprint density at radius 1 is 1.33 bits per heavy atom. The minimum absolute atomic E-state index is 0.327. The summed E-state index contributed by atoms with van der Waals surface area (Å²) in [7, 11) is 0. The van der Waals surface area contributed by atoms with Gasteiger partial charge in [-0.3, -0.25) is 4.98 Å². The number of hydrogen-bond acceptors (Lipinski definition) is 4. The number of hydrogen-bond donors (Lipinski definition) is 0. The van der Waals surface area contributed by atoms with Crippen LogP contribution in [0.2, 0.25) is 0 Å². The summed E-state index contributed by atoms with van der Waals surface area (Å²) in [5, 5.41) is 8.88. The number of para-hydroxylation sites is 2. The average molecular weight is 254 g/mol. The SMILES string of the molecule is N#CCc1nc2ccccc2n1Cc1cncs1. The van der Waals surface area contributed by atoms with Gasteiger partial charge < -0.3 is 4.57 Å². The number of thiazole rings is 1. The minimum Gasteiger partial charge on any atom is -0.322 e. The van der Waals surface area contributed by atoms with E-state index in [9.17, 15) is 0 Å². The average Bonchev–Trinajstić information content (AvgIpc) is 3.00. The molecule has 88 valence electrons. The molecular weight excluding hydrogens is 244 g/mol. The van der Waals surface area contributed by atoms with E-state index < -0.39 is 0 Å². The molecule has 0 fully saturated rings. The summed E-state index contributed by atoms with van der Waals surface area (Å²) >= 11 is 1.61. The molecule has 0 unspecified atom stereocenters. The molecule has 3 rings (SSSR count). The van der Waals surface area contributed by atoms with Crippen LogP contribution in [0.15, 0.2) is 36.0 Å². The van der Waals surface area contributed by atoms with E-state index in [-0.39, 0.29) is 0 Å². The first kappa shape index (κ1) is 10.9. The van der Waals surface area contributed by atoms with Crippen molar-refractivity contribution in [2.24, 2.45) is 0 Å². The van der Waals surface area contributed by atoms with E-state index in [1.165, 1.54) is 0 Å². The lowest BCUT2D eigenvalue weighted by molar-refractivity contribution is 0.778. The van der Waals surface area contributed by atoms with Gasteiger partial charge in [0.2, 0.25) is 0 Å². The third kappa shape index (κ3) is 1.87. The Balaban J connectivity index is 2.12. The molecule has 0 spiro atoms. The van der Waals surface area contributed by atoms with Crippen LogP contribution in [0.5, 0.6) is 0 Å². The van der Waals surface area contributed by atoms with Crippen LogP contribution in [0.3, 0.4) is 0 Å². The van der Waals surface area contributed by atoms with Crippen LogP contribution in [0.25, 0.3) is 11.0 Å². The van der Waals surface area contributed by atoms with Crippen molar-refractivity contribution in [1.29, 1.82) is 5.26 Å². The Kier molecular flexibility index (Phi) is 2.79. The van der Waals surface area contributed by atoms with Gasteiger partial charge in [-0.2, -0.15) is 5.26 Å². The van der Waals surface area contributed by atoms with Gasteiger partial charge in [0.15, 0.2) is 0 Å². The van der Waals surface area contributed by atoms with Crippen LogP contribution in [0.4, 0.5) is 0 Å². The number of benzene rings is 1. The molecule has 4 nitrogen and oxygen atoms in total. The second-order valence-electron chi connectivity index (χ2n) is 3.91. The summed E-state index contributed by atoms with van der Waals surface area (Å²) in [5.41, 5.74) is 3.82. The van der Waals surface area contributed by atoms with Crippen LogP contribution in [0, 0.1) is 11.3 Å². The highest BCUT2D eigenvalue weighted by Crippen LogP contribution is 2.19. The van der Waals surface area contributed by atoms with Crippen LogP contribution in [-0.2, 0) is 13.0 Å². The van der Waals surface area contributed by atoms with Gasteiger partial charge in [0.25, 0.3) is 0 Å². The standard InChI is InChI=1S/C13H10N4S/c14-6-5-13-16-11-3-1-2-4-12(11)17(13)8-10-7-15-9-18-10/h1-4,7,9H,5,8H2. The van der Waals surface area contributed by atoms with Crippen molar-refractivity contribution in [3.63, 3.8) is 0 Å². The summed E-state index contributed by atoms with van der Waals surface area (Å²) in [4.78, 5) is 9.75. The molecule has 0 radical (unpaired) electrons. The first-order chi connectivity index (χ1) is 8.88. The molecule has 2 heterocycles. The quantitative estimate of drug-likeness (QED) is 0.722. The lowest BCUT2D eigenvalue weighted by Crippen LogP contribution is -2.03. The van der Waals surface area contributed by atoms with Crippen molar-refractivity contribution in [2.45, 2.75) is 13.0 Å². The number of rotatable bonds is 3. The van der Waals surface area contributed by atoms with Gasteiger partial charge in [0.1, 0.15) is 5.82 Å². The van der Waals surface area contributed by atoms with E-state index in [0.29, 0.717) is 6.42 Å². The van der Waals surface area contributed by atoms with E-state index in [4.69, 9.17) is 5.26 Å². The van der Waals surface area contributed by atoms with E-state index in [1.54, 1.807) is 11.3 Å². The lowest BCUT2D eigenvalue weighted by atomic mass is 10.3. The van der Waals surface area contributed by atoms with Crippen molar-refractivity contribution in [3.8, 4) is 6.07 Å². The molecule has 0 bridgehead atoms. The maximum atomic E-state index is 8.88. The Morgan fingerprint density at radius 3 is 3.00 bits per heavy atom. The molecule has 0 atom stereocenters. The Morgan fingerprint density at radius 2 is 2.22 bits per heavy atom. The predicted octanol–water partition coefficient (Wildman–Crippen LogP) is 2.61. The fourth-order valence-corrected chi connectivity index (χ4v) is 2.57. The first-order valence-corrected chi connectivity index (χ1v) is 6.45. The molecular formula is C13H10N4S. The van der Waals surface area contributed by atoms with Crippen LogP contribution >= 0.6 is 11.3 Å². The number of imidazole rings is 1. The zero-order valence-corrected chi connectivity index (χ0v) is 10.4. The highest BCUT2D eigenvalue weighted by atomic mass is 32.1. The van der Waals surface area contributed by atoms with Gasteiger partial charge in [0, 0.05) is 11.1 Å². The first-order valence-electron chi connectivity index (χ1n) is 5.57. The fourth-order valence-electron chi connectivity index (χ4n) is 1.98. The summed E-state index contributed by atoms with van der Waals surface area (Å²) in [5.74, 6) is 0.812. The minimum atomic E-state index is 0.327. The van der Waals surface area contributed by atoms with Crippen LogP contribution in [0.1, 0.15) is 10.7 Å². The van der Waals surface area contributed by atoms with E-state index in [0.717, 1.165) is 28.3 Å². The summed E-state index contributed by atoms with van der Waals surface area (Å²) in [6.45, 7) is 0.724. The maximum Gasteiger partial charge on any atom is 0.124 e. The van der Waals surface area contributed by atoms with Crippen LogP contribution in [-0.4, -0.2) is 14.5 Å². The monoisotopic (exact) mass is 254 g/mol. The molecule has 1 aromatic carbocycles. The van der Waals surface area contributed by atoms with E-state index in [2.05, 4.69) is 20.6 Å². The van der Waals surface area contributed by atoms with Crippen molar-refractivity contribution in [2.75, 3.05) is 0 Å². The summed E-state index contributed by atoms with van der Waals surface area (Å²) in [6.07, 6.45) is 2.18. The van der Waals surface area contributed by atoms with Crippen molar-refractivity contribution < 1.29 is 0 Å². The zero-order valence-electron chi connectivity index (χ0n) is 9.58. The molecule has 0 amide bonds. The Labute approximate surface area is 108 Å². The normalized spacial score (nSPS) is 10.6. The molecule has 0 saturated carbocycles. The fraction of sp³-hybridized carbons (Fsp3) is 0.154. The third-order valence-corrected chi connectivity index (χ3v) is 3.53. The van der Waals surface area contributed by atoms with Gasteiger partial charge >= 0.3 is 0 Å². The van der Waals surface area contributed by atoms with Gasteiger partial charge in [-0.25, -0.2) is 4.98 Å². The van der Waals surface area contributed by atoms with Gasteiger partial charge in [-0.15, -0.1) is 11.3 Å². The van der Waals surface area contributed by atoms with Crippen LogP contribution < -0.4 is 0 Å². The molecule has 0 N–H and O–H groups in total. The molecule has 0 aliphatic carbocycles. The second kappa shape index (κ2) is 4.59. The summed E-state index contributed by atoms with van der Waals surface area (Å²) < 4.78 is 2.09. The summed E-state index contributed by atoms with van der Waals surface area (Å²) in [6, 6.07) is 10.1. The van der Waals surface area contributed by atoms with Gasteiger partial charge in [0.05, 0.1) is 35.6 Å². The lowest BCUT2D eigenvalue weighted by Gasteiger charge is -2.05.